The average molecular weight is 465 g/mol. The van der Waals surface area contributed by atoms with E-state index in [4.69, 9.17) is 18.9 Å². The van der Waals surface area contributed by atoms with E-state index in [9.17, 15) is 18.0 Å². The zero-order valence-corrected chi connectivity index (χ0v) is 18.4. The molecule has 0 bridgehead atoms. The van der Waals surface area contributed by atoms with Crippen LogP contribution in [0.1, 0.15) is 25.3 Å². The molecule has 2 rings (SSSR count). The van der Waals surface area contributed by atoms with Crippen molar-refractivity contribution in [1.29, 1.82) is 0 Å². The molecule has 0 aliphatic rings. The molecule has 178 valence electrons. The Bertz CT molecular complexity index is 925. The maximum Gasteiger partial charge on any atom is 0.508 e. The van der Waals surface area contributed by atoms with Gasteiger partial charge in [-0.3, -0.25) is 0 Å². The predicted molar refractivity (Wildman–Crippen MR) is 118 cm³/mol. The van der Waals surface area contributed by atoms with Crippen molar-refractivity contribution in [2.45, 2.75) is 32.5 Å². The lowest BCUT2D eigenvalue weighted by atomic mass is 10.1. The lowest BCUT2D eigenvalue weighted by molar-refractivity contribution is -0.0770. The standard InChI is InChI=1S/C24H26F3NO5/c1-18(7-6-15-32-23(29)33-17-19-8-4-3-5-9-19)14-16-31-22(24(25,26)27)28-20-10-12-21(30-2)13-11-20/h3-5,8-14H,6-7,15-17H2,1-2H3/b18-14-,28-22?. The Hall–Kier alpha value is -3.49. The normalized spacial score (nSPS) is 12.3. The van der Waals surface area contributed by atoms with Crippen molar-refractivity contribution in [2.24, 2.45) is 4.99 Å². The van der Waals surface area contributed by atoms with Crippen molar-refractivity contribution < 1.29 is 36.9 Å². The van der Waals surface area contributed by atoms with Crippen molar-refractivity contribution in [1.82, 2.24) is 0 Å². The Morgan fingerprint density at radius 3 is 2.33 bits per heavy atom. The van der Waals surface area contributed by atoms with Gasteiger partial charge in [0, 0.05) is 0 Å². The van der Waals surface area contributed by atoms with E-state index in [-0.39, 0.29) is 25.5 Å². The summed E-state index contributed by atoms with van der Waals surface area (Å²) in [4.78, 5) is 15.1. The minimum Gasteiger partial charge on any atom is -0.497 e. The minimum absolute atomic E-state index is 0.0973. The molecule has 0 aromatic heterocycles. The van der Waals surface area contributed by atoms with E-state index in [0.29, 0.717) is 18.6 Å². The van der Waals surface area contributed by atoms with Crippen LogP contribution in [0.5, 0.6) is 5.75 Å². The summed E-state index contributed by atoms with van der Waals surface area (Å²) in [6.07, 6.45) is -2.95. The highest BCUT2D eigenvalue weighted by Crippen LogP contribution is 2.24. The van der Waals surface area contributed by atoms with Gasteiger partial charge in [-0.15, -0.1) is 0 Å². The third-order valence-corrected chi connectivity index (χ3v) is 4.33. The highest BCUT2D eigenvalue weighted by molar-refractivity contribution is 5.84. The molecule has 0 saturated heterocycles. The number of alkyl halides is 3. The Morgan fingerprint density at radius 1 is 1.00 bits per heavy atom. The van der Waals surface area contributed by atoms with Crippen molar-refractivity contribution in [3.05, 3.63) is 71.8 Å². The fourth-order valence-electron chi connectivity index (χ4n) is 2.58. The SMILES string of the molecule is COc1ccc(N=C(OC/C=C(/C)CCCOC(=O)OCc2ccccc2)C(F)(F)F)cc1. The molecule has 0 amide bonds. The lowest BCUT2D eigenvalue weighted by Gasteiger charge is -2.11. The van der Waals surface area contributed by atoms with Gasteiger partial charge in [-0.05, 0) is 55.7 Å². The number of rotatable bonds is 10. The van der Waals surface area contributed by atoms with Crippen LogP contribution in [0.2, 0.25) is 0 Å². The first-order valence-electron chi connectivity index (χ1n) is 10.2. The maximum absolute atomic E-state index is 13.2. The number of benzene rings is 2. The number of hydrogen-bond donors (Lipinski definition) is 0. The molecule has 0 N–H and O–H groups in total. The number of nitrogens with zero attached hydrogens (tertiary/aromatic N) is 1. The van der Waals surface area contributed by atoms with Gasteiger partial charge in [0.25, 0.3) is 5.90 Å². The molecular formula is C24H26F3NO5. The number of carbonyl (C=O) groups is 1. The summed E-state index contributed by atoms with van der Waals surface area (Å²) in [7, 11) is 1.46. The van der Waals surface area contributed by atoms with Crippen LogP contribution in [0.25, 0.3) is 0 Å². The zero-order chi connectivity index (χ0) is 24.1. The summed E-state index contributed by atoms with van der Waals surface area (Å²) in [5.74, 6) is -0.823. The summed E-state index contributed by atoms with van der Waals surface area (Å²) in [5.41, 5.74) is 1.74. The van der Waals surface area contributed by atoms with E-state index in [0.717, 1.165) is 11.1 Å². The van der Waals surface area contributed by atoms with Gasteiger partial charge in [0.1, 0.15) is 19.0 Å². The van der Waals surface area contributed by atoms with Gasteiger partial charge >= 0.3 is 12.3 Å². The van der Waals surface area contributed by atoms with Crippen LogP contribution in [-0.2, 0) is 20.8 Å². The zero-order valence-electron chi connectivity index (χ0n) is 18.4. The van der Waals surface area contributed by atoms with Gasteiger partial charge in [0.2, 0.25) is 0 Å². The molecule has 0 saturated carbocycles. The maximum atomic E-state index is 13.2. The number of hydrogen-bond acceptors (Lipinski definition) is 6. The monoisotopic (exact) mass is 465 g/mol. The van der Waals surface area contributed by atoms with Crippen LogP contribution < -0.4 is 4.74 Å². The van der Waals surface area contributed by atoms with Gasteiger partial charge < -0.3 is 18.9 Å². The third-order valence-electron chi connectivity index (χ3n) is 4.33. The number of ether oxygens (including phenoxy) is 4. The molecule has 6 nitrogen and oxygen atoms in total. The Morgan fingerprint density at radius 2 is 1.70 bits per heavy atom. The Labute approximate surface area is 190 Å². The molecule has 0 atom stereocenters. The molecule has 0 heterocycles. The van der Waals surface area contributed by atoms with Crippen LogP contribution in [-0.4, -0.2) is 38.6 Å². The summed E-state index contributed by atoms with van der Waals surface area (Å²) in [6, 6.07) is 15.0. The molecule has 2 aromatic carbocycles. The first kappa shape index (κ1) is 25.8. The predicted octanol–water partition coefficient (Wildman–Crippen LogP) is 6.38. The molecule has 0 radical (unpaired) electrons. The van der Waals surface area contributed by atoms with E-state index in [1.54, 1.807) is 6.92 Å². The van der Waals surface area contributed by atoms with E-state index in [1.165, 1.54) is 37.5 Å². The van der Waals surface area contributed by atoms with Crippen molar-refractivity contribution in [3.8, 4) is 5.75 Å². The molecule has 9 heteroatoms. The van der Waals surface area contributed by atoms with Crippen molar-refractivity contribution in [2.75, 3.05) is 20.3 Å². The second kappa shape index (κ2) is 13.1. The van der Waals surface area contributed by atoms with Crippen LogP contribution >= 0.6 is 0 Å². The first-order valence-corrected chi connectivity index (χ1v) is 10.2. The van der Waals surface area contributed by atoms with Crippen molar-refractivity contribution in [3.63, 3.8) is 0 Å². The number of carbonyl (C=O) groups excluding carboxylic acids is 1. The smallest absolute Gasteiger partial charge is 0.497 e. The van der Waals surface area contributed by atoms with Gasteiger partial charge in [-0.25, -0.2) is 9.79 Å². The molecule has 2 aromatic rings. The van der Waals surface area contributed by atoms with Gasteiger partial charge in [-0.2, -0.15) is 13.2 Å². The van der Waals surface area contributed by atoms with E-state index < -0.39 is 18.2 Å². The highest BCUT2D eigenvalue weighted by atomic mass is 19.4. The van der Waals surface area contributed by atoms with Crippen molar-refractivity contribution >= 4 is 17.7 Å². The van der Waals surface area contributed by atoms with Gasteiger partial charge in [0.05, 0.1) is 19.4 Å². The second-order valence-electron chi connectivity index (χ2n) is 6.95. The van der Waals surface area contributed by atoms with Crippen LogP contribution in [0.4, 0.5) is 23.7 Å². The number of halogens is 3. The van der Waals surface area contributed by atoms with Crippen LogP contribution in [0.15, 0.2) is 71.2 Å². The molecule has 33 heavy (non-hydrogen) atoms. The molecule has 0 aliphatic heterocycles. The largest absolute Gasteiger partial charge is 0.508 e. The number of aliphatic imine (C=N–C) groups is 1. The quantitative estimate of drug-likeness (QED) is 0.134. The van der Waals surface area contributed by atoms with Crippen LogP contribution in [0, 0.1) is 0 Å². The number of allylic oxidation sites excluding steroid dienone is 1. The van der Waals surface area contributed by atoms with Gasteiger partial charge in [-0.1, -0.05) is 35.9 Å². The molecular weight excluding hydrogens is 439 g/mol. The van der Waals surface area contributed by atoms with Gasteiger partial charge in [0.15, 0.2) is 0 Å². The summed E-state index contributed by atoms with van der Waals surface area (Å²) < 4.78 is 59.5. The second-order valence-corrected chi connectivity index (χ2v) is 6.95. The van der Waals surface area contributed by atoms with E-state index in [1.807, 2.05) is 30.3 Å². The Kier molecular flexibility index (Phi) is 10.3. The minimum atomic E-state index is -4.73. The summed E-state index contributed by atoms with van der Waals surface area (Å²) in [6.45, 7) is 1.72. The van der Waals surface area contributed by atoms with E-state index in [2.05, 4.69) is 4.99 Å². The lowest BCUT2D eigenvalue weighted by Crippen LogP contribution is -2.25. The highest BCUT2D eigenvalue weighted by Gasteiger charge is 2.38. The molecule has 0 spiro atoms. The topological polar surface area (TPSA) is 66.3 Å². The number of methoxy groups -OCH3 is 1. The fraction of sp³-hybridized carbons (Fsp3) is 0.333. The molecule has 0 unspecified atom stereocenters. The molecule has 0 fully saturated rings. The Balaban J connectivity index is 1.73. The third kappa shape index (κ3) is 10.1. The first-order chi connectivity index (χ1) is 15.8. The van der Waals surface area contributed by atoms with E-state index >= 15 is 0 Å². The van der Waals surface area contributed by atoms with Crippen LogP contribution in [0.3, 0.4) is 0 Å². The average Bonchev–Trinajstić information content (AvgIpc) is 2.80. The molecule has 0 aliphatic carbocycles. The fourth-order valence-corrected chi connectivity index (χ4v) is 2.58. The summed E-state index contributed by atoms with van der Waals surface area (Å²) >= 11 is 0. The summed E-state index contributed by atoms with van der Waals surface area (Å²) in [5, 5.41) is 0.